The van der Waals surface area contributed by atoms with Crippen LogP contribution in [-0.2, 0) is 28.7 Å². The Kier molecular flexibility index (Phi) is 6.25. The largest absolute Gasteiger partial charge is 0.463 e. The average molecular weight is 634 g/mol. The minimum absolute atomic E-state index is 0.0896. The van der Waals surface area contributed by atoms with Crippen molar-refractivity contribution in [3.8, 4) is 0 Å². The Balaban J connectivity index is 1.60. The van der Waals surface area contributed by atoms with Gasteiger partial charge in [-0.3, -0.25) is 19.2 Å². The van der Waals surface area contributed by atoms with E-state index >= 15 is 0 Å². The number of imide groups is 2. The van der Waals surface area contributed by atoms with Gasteiger partial charge in [0.15, 0.2) is 0 Å². The van der Waals surface area contributed by atoms with Crippen LogP contribution in [0.15, 0.2) is 47.5 Å². The number of ether oxygens (including phenoxy) is 1. The third kappa shape index (κ3) is 3.31. The number of nitrogens with zero attached hydrogens (tertiary/aromatic N) is 2. The zero-order valence-electron chi connectivity index (χ0n) is 24.7. The second-order valence-electron chi connectivity index (χ2n) is 12.3. The van der Waals surface area contributed by atoms with E-state index in [0.29, 0.717) is 16.9 Å². The van der Waals surface area contributed by atoms with Gasteiger partial charge < -0.3 is 4.74 Å². The number of aryl methyl sites for hydroxylation is 4. The molecule has 1 saturated carbocycles. The van der Waals surface area contributed by atoms with E-state index in [2.05, 4.69) is 15.9 Å². The first-order chi connectivity index (χ1) is 19.7. The molecule has 2 heterocycles. The molecule has 9 heteroatoms. The van der Waals surface area contributed by atoms with Crippen molar-refractivity contribution in [2.75, 3.05) is 16.4 Å². The number of allylic oxidation sites excluding steroid dienone is 1. The van der Waals surface area contributed by atoms with Gasteiger partial charge in [0.05, 0.1) is 46.0 Å². The Morgan fingerprint density at radius 2 is 1.17 bits per heavy atom. The van der Waals surface area contributed by atoms with Crippen LogP contribution in [0.3, 0.4) is 0 Å². The number of anilines is 2. The molecule has 4 amide bonds. The zero-order chi connectivity index (χ0) is 30.6. The van der Waals surface area contributed by atoms with Crippen LogP contribution in [0.5, 0.6) is 0 Å². The van der Waals surface area contributed by atoms with Gasteiger partial charge in [-0.25, -0.2) is 14.6 Å². The van der Waals surface area contributed by atoms with Crippen molar-refractivity contribution in [1.82, 2.24) is 0 Å². The first-order valence-corrected chi connectivity index (χ1v) is 15.0. The molecule has 7 rings (SSSR count). The quantitative estimate of drug-likeness (QED) is 0.271. The third-order valence-electron chi connectivity index (χ3n) is 9.96. The highest BCUT2D eigenvalue weighted by molar-refractivity contribution is 9.10. The van der Waals surface area contributed by atoms with E-state index in [0.717, 1.165) is 22.3 Å². The van der Waals surface area contributed by atoms with Crippen LogP contribution >= 0.6 is 15.9 Å². The lowest BCUT2D eigenvalue weighted by Gasteiger charge is -2.59. The minimum atomic E-state index is -1.47. The average Bonchev–Trinajstić information content (AvgIpc) is 3.34. The number of hydrogen-bond acceptors (Lipinski definition) is 6. The summed E-state index contributed by atoms with van der Waals surface area (Å²) in [7, 11) is 0. The summed E-state index contributed by atoms with van der Waals surface area (Å²) in [5.74, 6) is -6.67. The van der Waals surface area contributed by atoms with Gasteiger partial charge in [-0.2, -0.15) is 0 Å². The van der Waals surface area contributed by atoms with Crippen molar-refractivity contribution in [3.63, 3.8) is 0 Å². The summed E-state index contributed by atoms with van der Waals surface area (Å²) in [5, 5.41) is 0. The standard InChI is InChI=1S/C33H33BrN2O6/c1-8-42-31(41)22-19(6)33(34)25-23(27(37)35(29(25)39)20-11-9-15(2)13-17(20)4)32(22,7)24-26(33)30(40)36(28(24)38)21-12-10-16(3)14-18(21)5/h9-14,23-26H,8H2,1-7H3/t23-,24+,25+,26-,32?,33?. The molecule has 2 aromatic rings. The summed E-state index contributed by atoms with van der Waals surface area (Å²) in [5.41, 5.74) is 3.56. The topological polar surface area (TPSA) is 101 Å². The molecular weight excluding hydrogens is 600 g/mol. The fourth-order valence-electron chi connectivity index (χ4n) is 8.32. The minimum Gasteiger partial charge on any atom is -0.463 e. The molecule has 218 valence electrons. The number of halogens is 1. The normalized spacial score (nSPS) is 31.7. The number of alkyl halides is 1. The Bertz CT molecular complexity index is 1580. The summed E-state index contributed by atoms with van der Waals surface area (Å²) in [6.45, 7) is 12.7. The van der Waals surface area contributed by atoms with Gasteiger partial charge in [0.25, 0.3) is 0 Å². The summed E-state index contributed by atoms with van der Waals surface area (Å²) in [6, 6.07) is 11.0. The monoisotopic (exact) mass is 632 g/mol. The second kappa shape index (κ2) is 9.20. The smallest absolute Gasteiger partial charge is 0.334 e. The van der Waals surface area contributed by atoms with Crippen molar-refractivity contribution in [2.24, 2.45) is 29.1 Å². The molecule has 2 bridgehead atoms. The molecular formula is C33H33BrN2O6. The van der Waals surface area contributed by atoms with Crippen LogP contribution in [0.4, 0.5) is 11.4 Å². The zero-order valence-corrected chi connectivity index (χ0v) is 26.3. The van der Waals surface area contributed by atoms with E-state index < -0.39 is 63.0 Å². The van der Waals surface area contributed by atoms with Crippen molar-refractivity contribution < 1.29 is 28.7 Å². The molecule has 2 unspecified atom stereocenters. The number of hydrogen-bond donors (Lipinski definition) is 0. The molecule has 0 aromatic heterocycles. The van der Waals surface area contributed by atoms with Gasteiger partial charge in [0, 0.05) is 11.0 Å². The van der Waals surface area contributed by atoms with E-state index in [1.165, 1.54) is 9.80 Å². The Morgan fingerprint density at radius 1 is 0.762 bits per heavy atom. The van der Waals surface area contributed by atoms with Crippen LogP contribution in [-0.4, -0.2) is 40.5 Å². The predicted molar refractivity (Wildman–Crippen MR) is 160 cm³/mol. The number of amides is 4. The molecule has 2 aliphatic heterocycles. The third-order valence-corrected chi connectivity index (χ3v) is 11.5. The van der Waals surface area contributed by atoms with Crippen LogP contribution in [0.1, 0.15) is 43.0 Å². The van der Waals surface area contributed by atoms with Crippen LogP contribution in [0, 0.1) is 56.8 Å². The molecule has 2 saturated heterocycles. The fraction of sp³-hybridized carbons (Fsp3) is 0.424. The van der Waals surface area contributed by atoms with Crippen molar-refractivity contribution >= 4 is 56.9 Å². The Labute approximate surface area is 253 Å². The molecule has 0 N–H and O–H groups in total. The van der Waals surface area contributed by atoms with E-state index in [1.807, 2.05) is 52.0 Å². The molecule has 3 fully saturated rings. The van der Waals surface area contributed by atoms with Crippen LogP contribution in [0.25, 0.3) is 0 Å². The second-order valence-corrected chi connectivity index (χ2v) is 13.6. The first kappa shape index (κ1) is 28.5. The molecule has 8 nitrogen and oxygen atoms in total. The number of rotatable bonds is 4. The lowest BCUT2D eigenvalue weighted by molar-refractivity contribution is -0.152. The molecule has 2 aromatic carbocycles. The number of carbonyl (C=O) groups excluding carboxylic acids is 5. The molecule has 42 heavy (non-hydrogen) atoms. The van der Waals surface area contributed by atoms with Gasteiger partial charge in [-0.15, -0.1) is 0 Å². The summed E-state index contributed by atoms with van der Waals surface area (Å²) in [4.78, 5) is 73.8. The first-order valence-electron chi connectivity index (χ1n) is 14.2. The van der Waals surface area contributed by atoms with Crippen molar-refractivity contribution in [2.45, 2.75) is 52.8 Å². The maximum atomic E-state index is 14.5. The summed E-state index contributed by atoms with van der Waals surface area (Å²) >= 11 is 3.83. The van der Waals surface area contributed by atoms with E-state index in [-0.39, 0.29) is 12.2 Å². The van der Waals surface area contributed by atoms with Crippen LogP contribution < -0.4 is 9.80 Å². The molecule has 0 spiro atoms. The summed E-state index contributed by atoms with van der Waals surface area (Å²) in [6.07, 6.45) is 0. The highest BCUT2D eigenvalue weighted by Crippen LogP contribution is 2.72. The summed E-state index contributed by atoms with van der Waals surface area (Å²) < 4.78 is 4.03. The van der Waals surface area contributed by atoms with Crippen LogP contribution in [0.2, 0.25) is 0 Å². The highest BCUT2D eigenvalue weighted by Gasteiger charge is 2.81. The number of benzene rings is 2. The maximum Gasteiger partial charge on any atom is 0.334 e. The van der Waals surface area contributed by atoms with E-state index in [9.17, 15) is 24.0 Å². The lowest BCUT2D eigenvalue weighted by Crippen LogP contribution is -2.67. The predicted octanol–water partition coefficient (Wildman–Crippen LogP) is 4.88. The number of esters is 1. The molecule has 0 radical (unpaired) electrons. The maximum absolute atomic E-state index is 14.5. The van der Waals surface area contributed by atoms with Gasteiger partial charge in [0.1, 0.15) is 0 Å². The number of carbonyl (C=O) groups is 5. The van der Waals surface area contributed by atoms with Crippen molar-refractivity contribution in [3.05, 3.63) is 69.8 Å². The van der Waals surface area contributed by atoms with Crippen molar-refractivity contribution in [1.29, 1.82) is 0 Å². The molecule has 6 atom stereocenters. The Hall–Kier alpha value is -3.59. The Morgan fingerprint density at radius 3 is 1.55 bits per heavy atom. The van der Waals surface area contributed by atoms with Gasteiger partial charge >= 0.3 is 5.97 Å². The van der Waals surface area contributed by atoms with Gasteiger partial charge in [0.2, 0.25) is 23.6 Å². The SMILES string of the molecule is CCOC(=O)C1=C(C)C2(Br)[C@@H]3C(=O)N(c4ccc(C)cc4C)C(=O)[C@@H]3C1(C)[C@@H]1C(=O)N(c3ccc(C)cc3C)C(=O)[C@@H]12. The fourth-order valence-corrected chi connectivity index (χ4v) is 9.44. The molecule has 5 aliphatic rings. The lowest BCUT2D eigenvalue weighted by atomic mass is 9.43. The van der Waals surface area contributed by atoms with E-state index in [1.54, 1.807) is 32.9 Å². The van der Waals surface area contributed by atoms with Gasteiger partial charge in [-0.05, 0) is 70.4 Å². The molecule has 3 aliphatic carbocycles. The highest BCUT2D eigenvalue weighted by atomic mass is 79.9. The van der Waals surface area contributed by atoms with Gasteiger partial charge in [-0.1, -0.05) is 58.2 Å². The van der Waals surface area contributed by atoms with E-state index in [4.69, 9.17) is 4.74 Å².